The van der Waals surface area contributed by atoms with Crippen molar-refractivity contribution in [1.29, 1.82) is 0 Å². The highest BCUT2D eigenvalue weighted by molar-refractivity contribution is 7.11. The van der Waals surface area contributed by atoms with Crippen molar-refractivity contribution in [3.05, 3.63) is 15.6 Å². The van der Waals surface area contributed by atoms with Crippen LogP contribution in [0.1, 0.15) is 34.8 Å². The second kappa shape index (κ2) is 5.36. The summed E-state index contributed by atoms with van der Waals surface area (Å²) in [4.78, 5) is 17.9. The van der Waals surface area contributed by atoms with Gasteiger partial charge in [-0.3, -0.25) is 4.79 Å². The van der Waals surface area contributed by atoms with Gasteiger partial charge in [0.2, 0.25) is 5.91 Å². The molecule has 0 saturated carbocycles. The van der Waals surface area contributed by atoms with Crippen LogP contribution in [0.15, 0.2) is 0 Å². The Morgan fingerprint density at radius 2 is 2.33 bits per heavy atom. The topological polar surface area (TPSA) is 51.2 Å². The van der Waals surface area contributed by atoms with E-state index in [1.165, 1.54) is 23.4 Å². The summed E-state index contributed by atoms with van der Waals surface area (Å²) in [6.07, 6.45) is 5.65. The molecule has 1 aliphatic carbocycles. The molecule has 1 amide bonds. The standard InChI is InChI=1S/C13H18N2O2S/c16-13(9-5-6-17-8-9)14-7-12-15-10-3-1-2-4-11(10)18-12/h9H,1-8H2,(H,14,16)/t9-/m1/s1. The Morgan fingerprint density at radius 1 is 1.44 bits per heavy atom. The van der Waals surface area contributed by atoms with Gasteiger partial charge in [-0.05, 0) is 32.1 Å². The average Bonchev–Trinajstić information content (AvgIpc) is 3.04. The van der Waals surface area contributed by atoms with Gasteiger partial charge in [-0.1, -0.05) is 0 Å². The van der Waals surface area contributed by atoms with Crippen LogP contribution in [0.4, 0.5) is 0 Å². The Bertz CT molecular complexity index is 415. The number of carbonyl (C=O) groups is 1. The first-order chi connectivity index (χ1) is 8.83. The van der Waals surface area contributed by atoms with Gasteiger partial charge < -0.3 is 10.1 Å². The minimum absolute atomic E-state index is 0.0413. The van der Waals surface area contributed by atoms with E-state index in [9.17, 15) is 4.79 Å². The molecule has 2 aliphatic rings. The number of aryl methyl sites for hydroxylation is 2. The molecular formula is C13H18N2O2S. The molecule has 0 radical (unpaired) electrons. The molecule has 2 heterocycles. The van der Waals surface area contributed by atoms with E-state index in [0.29, 0.717) is 19.8 Å². The van der Waals surface area contributed by atoms with Gasteiger partial charge in [0.1, 0.15) is 5.01 Å². The third-order valence-corrected chi connectivity index (χ3v) is 4.76. The Morgan fingerprint density at radius 3 is 3.11 bits per heavy atom. The highest BCUT2D eigenvalue weighted by atomic mass is 32.1. The lowest BCUT2D eigenvalue weighted by atomic mass is 10.0. The van der Waals surface area contributed by atoms with Crippen LogP contribution in [-0.4, -0.2) is 24.1 Å². The van der Waals surface area contributed by atoms with Gasteiger partial charge in [-0.15, -0.1) is 11.3 Å². The fraction of sp³-hybridized carbons (Fsp3) is 0.692. The highest BCUT2D eigenvalue weighted by Gasteiger charge is 2.23. The van der Waals surface area contributed by atoms with Crippen LogP contribution in [0, 0.1) is 5.92 Å². The van der Waals surface area contributed by atoms with Gasteiger partial charge in [-0.25, -0.2) is 4.98 Å². The SMILES string of the molecule is O=C(NCc1nc2c(s1)CCCC2)[C@@H]1CCOC1. The summed E-state index contributed by atoms with van der Waals surface area (Å²) >= 11 is 1.76. The van der Waals surface area contributed by atoms with E-state index in [2.05, 4.69) is 10.3 Å². The van der Waals surface area contributed by atoms with E-state index >= 15 is 0 Å². The van der Waals surface area contributed by atoms with Gasteiger partial charge in [0.15, 0.2) is 0 Å². The predicted molar refractivity (Wildman–Crippen MR) is 69.5 cm³/mol. The largest absolute Gasteiger partial charge is 0.381 e. The summed E-state index contributed by atoms with van der Waals surface area (Å²) in [5.41, 5.74) is 1.26. The van der Waals surface area contributed by atoms with E-state index in [1.807, 2.05) is 0 Å². The lowest BCUT2D eigenvalue weighted by Crippen LogP contribution is -2.30. The second-order valence-electron chi connectivity index (χ2n) is 4.96. The second-order valence-corrected chi connectivity index (χ2v) is 6.13. The van der Waals surface area contributed by atoms with Crippen LogP contribution in [0.2, 0.25) is 0 Å². The first-order valence-corrected chi connectivity index (χ1v) is 7.47. The average molecular weight is 266 g/mol. The zero-order valence-electron chi connectivity index (χ0n) is 10.4. The lowest BCUT2D eigenvalue weighted by molar-refractivity contribution is -0.125. The van der Waals surface area contributed by atoms with Crippen LogP contribution in [0.25, 0.3) is 0 Å². The minimum atomic E-state index is 0.0413. The van der Waals surface area contributed by atoms with Crippen molar-refractivity contribution in [3.63, 3.8) is 0 Å². The Labute approximate surface area is 111 Å². The maximum atomic E-state index is 11.8. The lowest BCUT2D eigenvalue weighted by Gasteiger charge is -2.07. The monoisotopic (exact) mass is 266 g/mol. The zero-order chi connectivity index (χ0) is 12.4. The number of fused-ring (bicyclic) bond motifs is 1. The van der Waals surface area contributed by atoms with E-state index in [4.69, 9.17) is 4.74 Å². The molecule has 0 unspecified atom stereocenters. The molecule has 98 valence electrons. The van der Waals surface area contributed by atoms with Crippen LogP contribution in [0.5, 0.6) is 0 Å². The summed E-state index contributed by atoms with van der Waals surface area (Å²) < 4.78 is 5.22. The van der Waals surface area contributed by atoms with Crippen LogP contribution >= 0.6 is 11.3 Å². The molecule has 1 atom stereocenters. The number of hydrogen-bond acceptors (Lipinski definition) is 4. The smallest absolute Gasteiger partial charge is 0.225 e. The molecule has 1 aliphatic heterocycles. The van der Waals surface area contributed by atoms with Crippen molar-refractivity contribution in [2.75, 3.05) is 13.2 Å². The maximum Gasteiger partial charge on any atom is 0.225 e. The first-order valence-electron chi connectivity index (χ1n) is 6.66. The fourth-order valence-corrected chi connectivity index (χ4v) is 3.63. The molecule has 0 spiro atoms. The molecule has 4 nitrogen and oxygen atoms in total. The highest BCUT2D eigenvalue weighted by Crippen LogP contribution is 2.26. The summed E-state index contributed by atoms with van der Waals surface area (Å²) in [6.45, 7) is 1.86. The van der Waals surface area contributed by atoms with Crippen molar-refractivity contribution in [2.45, 2.75) is 38.6 Å². The summed E-state index contributed by atoms with van der Waals surface area (Å²) in [7, 11) is 0. The fourth-order valence-electron chi connectivity index (χ4n) is 2.53. The normalized spacial score (nSPS) is 22.8. The summed E-state index contributed by atoms with van der Waals surface area (Å²) in [5, 5.41) is 4.03. The first kappa shape index (κ1) is 12.1. The number of thiazole rings is 1. The Hall–Kier alpha value is -0.940. The van der Waals surface area contributed by atoms with Gasteiger partial charge >= 0.3 is 0 Å². The minimum Gasteiger partial charge on any atom is -0.381 e. The predicted octanol–water partition coefficient (Wildman–Crippen LogP) is 1.67. The zero-order valence-corrected chi connectivity index (χ0v) is 11.2. The van der Waals surface area contributed by atoms with Crippen molar-refractivity contribution >= 4 is 17.2 Å². The molecule has 0 bridgehead atoms. The number of aromatic nitrogens is 1. The number of amides is 1. The third-order valence-electron chi connectivity index (χ3n) is 3.60. The molecule has 1 N–H and O–H groups in total. The third kappa shape index (κ3) is 2.57. The van der Waals surface area contributed by atoms with Crippen LogP contribution in [0.3, 0.4) is 0 Å². The van der Waals surface area contributed by atoms with E-state index < -0.39 is 0 Å². The van der Waals surface area contributed by atoms with Crippen molar-refractivity contribution in [2.24, 2.45) is 5.92 Å². The molecule has 1 aromatic heterocycles. The van der Waals surface area contributed by atoms with Gasteiger partial charge in [0.05, 0.1) is 24.8 Å². The quantitative estimate of drug-likeness (QED) is 0.905. The van der Waals surface area contributed by atoms with Crippen LogP contribution < -0.4 is 5.32 Å². The van der Waals surface area contributed by atoms with Gasteiger partial charge in [0.25, 0.3) is 0 Å². The molecule has 3 rings (SSSR count). The molecule has 1 saturated heterocycles. The Kier molecular flexibility index (Phi) is 3.61. The van der Waals surface area contributed by atoms with E-state index in [-0.39, 0.29) is 11.8 Å². The van der Waals surface area contributed by atoms with Crippen molar-refractivity contribution in [1.82, 2.24) is 10.3 Å². The number of carbonyl (C=O) groups excluding carboxylic acids is 1. The molecule has 1 fully saturated rings. The molecule has 18 heavy (non-hydrogen) atoms. The van der Waals surface area contributed by atoms with Crippen LogP contribution in [-0.2, 0) is 28.9 Å². The van der Waals surface area contributed by atoms with Gasteiger partial charge in [0, 0.05) is 11.5 Å². The van der Waals surface area contributed by atoms with Gasteiger partial charge in [-0.2, -0.15) is 0 Å². The summed E-state index contributed by atoms with van der Waals surface area (Å²) in [5.74, 6) is 0.153. The molecule has 5 heteroatoms. The number of hydrogen-bond donors (Lipinski definition) is 1. The number of nitrogens with zero attached hydrogens (tertiary/aromatic N) is 1. The Balaban J connectivity index is 1.56. The van der Waals surface area contributed by atoms with Crippen molar-refractivity contribution < 1.29 is 9.53 Å². The van der Waals surface area contributed by atoms with E-state index in [1.54, 1.807) is 11.3 Å². The summed E-state index contributed by atoms with van der Waals surface area (Å²) in [6, 6.07) is 0. The number of nitrogens with one attached hydrogen (secondary N) is 1. The van der Waals surface area contributed by atoms with Crippen molar-refractivity contribution in [3.8, 4) is 0 Å². The number of ether oxygens (including phenoxy) is 1. The molecular weight excluding hydrogens is 248 g/mol. The molecule has 1 aromatic rings. The molecule has 0 aromatic carbocycles. The maximum absolute atomic E-state index is 11.8. The van der Waals surface area contributed by atoms with E-state index in [0.717, 1.165) is 24.3 Å². The number of rotatable bonds is 3.